The summed E-state index contributed by atoms with van der Waals surface area (Å²) in [7, 11) is 0. The van der Waals surface area contributed by atoms with Crippen LogP contribution in [-0.2, 0) is 11.3 Å². The molecule has 78 valence electrons. The van der Waals surface area contributed by atoms with Crippen LogP contribution in [0.2, 0.25) is 0 Å². The van der Waals surface area contributed by atoms with Gasteiger partial charge in [0.25, 0.3) is 0 Å². The summed E-state index contributed by atoms with van der Waals surface area (Å²) in [6, 6.07) is 9.82. The molecule has 0 aliphatic carbocycles. The maximum Gasteiger partial charge on any atom is 0.243 e. The summed E-state index contributed by atoms with van der Waals surface area (Å²) < 4.78 is 0. The fourth-order valence-corrected chi connectivity index (χ4v) is 1.55. The highest BCUT2D eigenvalue weighted by atomic mass is 16.2. The van der Waals surface area contributed by atoms with Gasteiger partial charge in [-0.3, -0.25) is 4.79 Å². The Morgan fingerprint density at radius 2 is 2.20 bits per heavy atom. The molecular formula is C12H14N2O. The van der Waals surface area contributed by atoms with Crippen molar-refractivity contribution in [1.82, 2.24) is 10.6 Å². The molecule has 1 aliphatic rings. The van der Waals surface area contributed by atoms with E-state index in [0.717, 1.165) is 12.0 Å². The highest BCUT2D eigenvalue weighted by Crippen LogP contribution is 2.02. The van der Waals surface area contributed by atoms with Crippen molar-refractivity contribution >= 4 is 5.91 Å². The topological polar surface area (TPSA) is 41.1 Å². The molecule has 1 amide bonds. The summed E-state index contributed by atoms with van der Waals surface area (Å²) in [5, 5.41) is 5.90. The van der Waals surface area contributed by atoms with Gasteiger partial charge in [-0.15, -0.1) is 0 Å². The Balaban J connectivity index is 1.81. The van der Waals surface area contributed by atoms with E-state index in [2.05, 4.69) is 10.6 Å². The van der Waals surface area contributed by atoms with Crippen molar-refractivity contribution in [3.05, 3.63) is 48.2 Å². The predicted octanol–water partition coefficient (Wildman–Crippen LogP) is 1.18. The monoisotopic (exact) mass is 202 g/mol. The van der Waals surface area contributed by atoms with Crippen molar-refractivity contribution in [2.75, 3.05) is 0 Å². The minimum atomic E-state index is -0.0892. The Labute approximate surface area is 89.2 Å². The van der Waals surface area contributed by atoms with E-state index >= 15 is 0 Å². The third kappa shape index (κ3) is 2.59. The van der Waals surface area contributed by atoms with Gasteiger partial charge in [0.2, 0.25) is 5.91 Å². The van der Waals surface area contributed by atoms with E-state index in [9.17, 15) is 4.79 Å². The van der Waals surface area contributed by atoms with Gasteiger partial charge in [0, 0.05) is 6.54 Å². The largest absolute Gasteiger partial charge is 0.380 e. The van der Waals surface area contributed by atoms with E-state index in [1.807, 2.05) is 42.6 Å². The van der Waals surface area contributed by atoms with Crippen molar-refractivity contribution < 1.29 is 4.79 Å². The molecule has 0 spiro atoms. The van der Waals surface area contributed by atoms with Gasteiger partial charge in [-0.05, 0) is 18.2 Å². The van der Waals surface area contributed by atoms with Crippen LogP contribution in [0.1, 0.15) is 12.0 Å². The zero-order valence-electron chi connectivity index (χ0n) is 8.44. The maximum atomic E-state index is 11.6. The van der Waals surface area contributed by atoms with Gasteiger partial charge in [-0.1, -0.05) is 36.4 Å². The molecule has 3 nitrogen and oxygen atoms in total. The van der Waals surface area contributed by atoms with Crippen LogP contribution in [0.4, 0.5) is 0 Å². The van der Waals surface area contributed by atoms with E-state index in [-0.39, 0.29) is 11.9 Å². The third-order valence-corrected chi connectivity index (χ3v) is 2.41. The van der Waals surface area contributed by atoms with Gasteiger partial charge in [-0.25, -0.2) is 0 Å². The van der Waals surface area contributed by atoms with Crippen LogP contribution in [0.25, 0.3) is 0 Å². The molecule has 2 rings (SSSR count). The minimum absolute atomic E-state index is 0.0591. The van der Waals surface area contributed by atoms with Gasteiger partial charge >= 0.3 is 0 Å². The first-order valence-corrected chi connectivity index (χ1v) is 5.09. The molecule has 0 aromatic heterocycles. The molecule has 15 heavy (non-hydrogen) atoms. The molecule has 1 aliphatic heterocycles. The molecule has 0 unspecified atom stereocenters. The molecule has 1 aromatic carbocycles. The van der Waals surface area contributed by atoms with Gasteiger partial charge in [0.05, 0.1) is 0 Å². The molecule has 3 heteroatoms. The van der Waals surface area contributed by atoms with Crippen LogP contribution >= 0.6 is 0 Å². The average molecular weight is 202 g/mol. The Morgan fingerprint density at radius 3 is 2.87 bits per heavy atom. The highest BCUT2D eigenvalue weighted by Gasteiger charge is 2.17. The SMILES string of the molecule is O=C(NCc1ccccc1)[C@@H]1CC=CN1. The third-order valence-electron chi connectivity index (χ3n) is 2.41. The Morgan fingerprint density at radius 1 is 1.40 bits per heavy atom. The van der Waals surface area contributed by atoms with Crippen molar-refractivity contribution in [3.63, 3.8) is 0 Å². The van der Waals surface area contributed by atoms with Crippen LogP contribution in [0, 0.1) is 0 Å². The Kier molecular flexibility index (Phi) is 3.02. The van der Waals surface area contributed by atoms with Crippen LogP contribution in [0.3, 0.4) is 0 Å². The average Bonchev–Trinajstić information content (AvgIpc) is 2.81. The number of benzene rings is 1. The predicted molar refractivity (Wildman–Crippen MR) is 59.0 cm³/mol. The van der Waals surface area contributed by atoms with Crippen molar-refractivity contribution in [1.29, 1.82) is 0 Å². The summed E-state index contributed by atoms with van der Waals surface area (Å²) in [5.41, 5.74) is 1.12. The number of carbonyl (C=O) groups excluding carboxylic acids is 1. The second-order valence-electron chi connectivity index (χ2n) is 3.56. The molecule has 0 fully saturated rings. The van der Waals surface area contributed by atoms with E-state index in [0.29, 0.717) is 6.54 Å². The lowest BCUT2D eigenvalue weighted by atomic mass is 10.2. The first-order valence-electron chi connectivity index (χ1n) is 5.09. The standard InChI is InChI=1S/C12H14N2O/c15-12(11-7-4-8-13-11)14-9-10-5-2-1-3-6-10/h1-6,8,11,13H,7,9H2,(H,14,15)/t11-/m0/s1. The van der Waals surface area contributed by atoms with Crippen LogP contribution < -0.4 is 10.6 Å². The zero-order chi connectivity index (χ0) is 10.5. The first-order chi connectivity index (χ1) is 7.36. The van der Waals surface area contributed by atoms with Crippen LogP contribution in [0.15, 0.2) is 42.6 Å². The second kappa shape index (κ2) is 4.64. The molecule has 2 N–H and O–H groups in total. The van der Waals surface area contributed by atoms with Crippen molar-refractivity contribution in [2.24, 2.45) is 0 Å². The first kappa shape index (κ1) is 9.77. The smallest absolute Gasteiger partial charge is 0.243 e. The summed E-state index contributed by atoms with van der Waals surface area (Å²) in [6.07, 6.45) is 4.57. The minimum Gasteiger partial charge on any atom is -0.380 e. The highest BCUT2D eigenvalue weighted by molar-refractivity contribution is 5.82. The van der Waals surface area contributed by atoms with Gasteiger partial charge in [0.1, 0.15) is 6.04 Å². The number of hydrogen-bond donors (Lipinski definition) is 2. The molecule has 0 saturated carbocycles. The van der Waals surface area contributed by atoms with Gasteiger partial charge in [-0.2, -0.15) is 0 Å². The van der Waals surface area contributed by atoms with E-state index in [1.165, 1.54) is 0 Å². The van der Waals surface area contributed by atoms with Crippen molar-refractivity contribution in [2.45, 2.75) is 19.0 Å². The van der Waals surface area contributed by atoms with Crippen LogP contribution in [-0.4, -0.2) is 11.9 Å². The molecule has 1 heterocycles. The summed E-state index contributed by atoms with van der Waals surface area (Å²) >= 11 is 0. The van der Waals surface area contributed by atoms with Gasteiger partial charge < -0.3 is 10.6 Å². The Bertz CT molecular complexity index is 351. The number of nitrogens with one attached hydrogen (secondary N) is 2. The fourth-order valence-electron chi connectivity index (χ4n) is 1.55. The molecule has 1 aromatic rings. The van der Waals surface area contributed by atoms with Gasteiger partial charge in [0.15, 0.2) is 0 Å². The summed E-state index contributed by atoms with van der Waals surface area (Å²) in [4.78, 5) is 11.6. The lowest BCUT2D eigenvalue weighted by molar-refractivity contribution is -0.122. The summed E-state index contributed by atoms with van der Waals surface area (Å²) in [5.74, 6) is 0.0591. The fraction of sp³-hybridized carbons (Fsp3) is 0.250. The maximum absolute atomic E-state index is 11.6. The second-order valence-corrected chi connectivity index (χ2v) is 3.56. The normalized spacial score (nSPS) is 18.5. The molecule has 0 bridgehead atoms. The quantitative estimate of drug-likeness (QED) is 0.772. The molecule has 1 atom stereocenters. The molecule has 0 radical (unpaired) electrons. The van der Waals surface area contributed by atoms with Crippen molar-refractivity contribution in [3.8, 4) is 0 Å². The Hall–Kier alpha value is -1.77. The molecular weight excluding hydrogens is 188 g/mol. The van der Waals surface area contributed by atoms with E-state index in [4.69, 9.17) is 0 Å². The summed E-state index contributed by atoms with van der Waals surface area (Å²) in [6.45, 7) is 0.595. The number of rotatable bonds is 3. The van der Waals surface area contributed by atoms with E-state index in [1.54, 1.807) is 0 Å². The van der Waals surface area contributed by atoms with Crippen LogP contribution in [0.5, 0.6) is 0 Å². The number of hydrogen-bond acceptors (Lipinski definition) is 2. The lowest BCUT2D eigenvalue weighted by Crippen LogP contribution is -2.39. The lowest BCUT2D eigenvalue weighted by Gasteiger charge is -2.11. The number of carbonyl (C=O) groups is 1. The zero-order valence-corrected chi connectivity index (χ0v) is 8.44. The van der Waals surface area contributed by atoms with E-state index < -0.39 is 0 Å². The number of amides is 1. The molecule has 0 saturated heterocycles.